The van der Waals surface area contributed by atoms with E-state index >= 15 is 0 Å². The topological polar surface area (TPSA) is 61.4 Å². The fraction of sp³-hybridized carbons (Fsp3) is 0.500. The molecule has 0 heterocycles. The van der Waals surface area contributed by atoms with E-state index in [1.807, 2.05) is 45.9 Å². The van der Waals surface area contributed by atoms with Crippen molar-refractivity contribution >= 4 is 17.6 Å². The smallest absolute Gasteiger partial charge is 0.315 e. The van der Waals surface area contributed by atoms with Gasteiger partial charge in [0.05, 0.1) is 0 Å². The molecule has 0 radical (unpaired) electrons. The van der Waals surface area contributed by atoms with Gasteiger partial charge in [-0.3, -0.25) is 4.79 Å². The van der Waals surface area contributed by atoms with Crippen molar-refractivity contribution in [3.8, 4) is 0 Å². The van der Waals surface area contributed by atoms with Crippen molar-refractivity contribution in [3.05, 3.63) is 29.3 Å². The fourth-order valence-electron chi connectivity index (χ4n) is 1.96. The third kappa shape index (κ3) is 5.45. The van der Waals surface area contributed by atoms with Crippen molar-refractivity contribution < 1.29 is 9.59 Å². The molecule has 116 valence electrons. The monoisotopic (exact) mass is 291 g/mol. The standard InChI is InChI=1S/C16H25N3O2/c1-11(2)18-16(21)17-8-9-19(14(5)20)15-7-6-12(3)13(4)10-15/h6-7,10-11H,8-9H2,1-5H3,(H2,17,18,21). The van der Waals surface area contributed by atoms with Crippen molar-refractivity contribution in [1.82, 2.24) is 10.6 Å². The summed E-state index contributed by atoms with van der Waals surface area (Å²) in [6.07, 6.45) is 0. The van der Waals surface area contributed by atoms with E-state index in [2.05, 4.69) is 10.6 Å². The Balaban J connectivity index is 2.64. The Hall–Kier alpha value is -2.04. The zero-order valence-electron chi connectivity index (χ0n) is 13.5. The van der Waals surface area contributed by atoms with Crippen LogP contribution in [0.25, 0.3) is 0 Å². The lowest BCUT2D eigenvalue weighted by molar-refractivity contribution is -0.116. The Morgan fingerprint density at radius 2 is 1.86 bits per heavy atom. The van der Waals surface area contributed by atoms with Gasteiger partial charge < -0.3 is 15.5 Å². The zero-order valence-corrected chi connectivity index (χ0v) is 13.5. The highest BCUT2D eigenvalue weighted by Crippen LogP contribution is 2.18. The van der Waals surface area contributed by atoms with Crippen molar-refractivity contribution in [2.45, 2.75) is 40.7 Å². The van der Waals surface area contributed by atoms with Gasteiger partial charge in [0.1, 0.15) is 0 Å². The summed E-state index contributed by atoms with van der Waals surface area (Å²) >= 11 is 0. The first-order valence-corrected chi connectivity index (χ1v) is 7.21. The lowest BCUT2D eigenvalue weighted by atomic mass is 10.1. The van der Waals surface area contributed by atoms with E-state index in [9.17, 15) is 9.59 Å². The van der Waals surface area contributed by atoms with Gasteiger partial charge in [0.25, 0.3) is 0 Å². The Morgan fingerprint density at radius 3 is 2.38 bits per heavy atom. The maximum atomic E-state index is 11.8. The van der Waals surface area contributed by atoms with Crippen molar-refractivity contribution in [2.75, 3.05) is 18.0 Å². The minimum Gasteiger partial charge on any atom is -0.336 e. The number of amides is 3. The van der Waals surface area contributed by atoms with Crippen LogP contribution in [0.4, 0.5) is 10.5 Å². The number of urea groups is 1. The number of anilines is 1. The molecule has 0 bridgehead atoms. The van der Waals surface area contributed by atoms with Crippen LogP contribution in [0.15, 0.2) is 18.2 Å². The summed E-state index contributed by atoms with van der Waals surface area (Å²) in [6.45, 7) is 10.2. The van der Waals surface area contributed by atoms with Crippen LogP contribution in [0.5, 0.6) is 0 Å². The molecular formula is C16H25N3O2. The van der Waals surface area contributed by atoms with Crippen molar-refractivity contribution in [1.29, 1.82) is 0 Å². The van der Waals surface area contributed by atoms with E-state index < -0.39 is 0 Å². The quantitative estimate of drug-likeness (QED) is 0.875. The summed E-state index contributed by atoms with van der Waals surface area (Å²) in [4.78, 5) is 25.0. The van der Waals surface area contributed by atoms with Gasteiger partial charge in [-0.1, -0.05) is 6.07 Å². The third-order valence-electron chi connectivity index (χ3n) is 3.22. The molecule has 0 aliphatic rings. The van der Waals surface area contributed by atoms with Crippen LogP contribution in [-0.2, 0) is 4.79 Å². The molecular weight excluding hydrogens is 266 g/mol. The van der Waals surface area contributed by atoms with Gasteiger partial charge in [-0.15, -0.1) is 0 Å². The lowest BCUT2D eigenvalue weighted by Crippen LogP contribution is -2.43. The largest absolute Gasteiger partial charge is 0.336 e. The van der Waals surface area contributed by atoms with Crippen molar-refractivity contribution in [2.24, 2.45) is 0 Å². The van der Waals surface area contributed by atoms with Crippen LogP contribution in [0, 0.1) is 13.8 Å². The van der Waals surface area contributed by atoms with Gasteiger partial charge in [0, 0.05) is 31.7 Å². The zero-order chi connectivity index (χ0) is 16.0. The van der Waals surface area contributed by atoms with Crippen LogP contribution in [-0.4, -0.2) is 31.1 Å². The number of benzene rings is 1. The minimum atomic E-state index is -0.214. The van der Waals surface area contributed by atoms with E-state index in [0.717, 1.165) is 11.3 Å². The molecule has 0 aliphatic carbocycles. The number of hydrogen-bond donors (Lipinski definition) is 2. The number of rotatable bonds is 5. The Labute approximate surface area is 126 Å². The molecule has 0 fully saturated rings. The van der Waals surface area contributed by atoms with Gasteiger partial charge in [-0.25, -0.2) is 4.79 Å². The summed E-state index contributed by atoms with van der Waals surface area (Å²) in [5.41, 5.74) is 3.19. The number of nitrogens with zero attached hydrogens (tertiary/aromatic N) is 1. The molecule has 21 heavy (non-hydrogen) atoms. The molecule has 1 rings (SSSR count). The van der Waals surface area contributed by atoms with Crippen LogP contribution < -0.4 is 15.5 Å². The predicted octanol–water partition coefficient (Wildman–Crippen LogP) is 2.36. The normalized spacial score (nSPS) is 10.4. The first kappa shape index (κ1) is 17.0. The molecule has 0 aromatic heterocycles. The summed E-state index contributed by atoms with van der Waals surface area (Å²) in [7, 11) is 0. The average Bonchev–Trinajstić information content (AvgIpc) is 2.37. The van der Waals surface area contributed by atoms with Crippen LogP contribution >= 0.6 is 0 Å². The van der Waals surface area contributed by atoms with Gasteiger partial charge >= 0.3 is 6.03 Å². The minimum absolute atomic E-state index is 0.0377. The number of hydrogen-bond acceptors (Lipinski definition) is 2. The van der Waals surface area contributed by atoms with Crippen LogP contribution in [0.2, 0.25) is 0 Å². The lowest BCUT2D eigenvalue weighted by Gasteiger charge is -2.22. The average molecular weight is 291 g/mol. The molecule has 5 heteroatoms. The number of carbonyl (C=O) groups is 2. The molecule has 0 aliphatic heterocycles. The van der Waals surface area contributed by atoms with Crippen molar-refractivity contribution in [3.63, 3.8) is 0 Å². The second-order valence-electron chi connectivity index (χ2n) is 5.49. The molecule has 0 atom stereocenters. The van der Waals surface area contributed by atoms with E-state index in [-0.39, 0.29) is 18.0 Å². The maximum absolute atomic E-state index is 11.8. The molecule has 1 aromatic carbocycles. The first-order valence-electron chi connectivity index (χ1n) is 7.21. The van der Waals surface area contributed by atoms with Gasteiger partial charge in [-0.05, 0) is 51.0 Å². The highest BCUT2D eigenvalue weighted by molar-refractivity contribution is 5.91. The molecule has 5 nitrogen and oxygen atoms in total. The summed E-state index contributed by atoms with van der Waals surface area (Å²) in [5, 5.41) is 5.50. The summed E-state index contributed by atoms with van der Waals surface area (Å²) in [6, 6.07) is 5.80. The fourth-order valence-corrected chi connectivity index (χ4v) is 1.96. The number of aryl methyl sites for hydroxylation is 2. The summed E-state index contributed by atoms with van der Waals surface area (Å²) < 4.78 is 0. The summed E-state index contributed by atoms with van der Waals surface area (Å²) in [5.74, 6) is -0.0377. The van der Waals surface area contributed by atoms with Crippen LogP contribution in [0.3, 0.4) is 0 Å². The van der Waals surface area contributed by atoms with Gasteiger partial charge in [0.15, 0.2) is 0 Å². The Bertz CT molecular complexity index is 512. The Morgan fingerprint density at radius 1 is 1.19 bits per heavy atom. The second-order valence-corrected chi connectivity index (χ2v) is 5.49. The van der Waals surface area contributed by atoms with E-state index in [0.29, 0.717) is 13.1 Å². The second kappa shape index (κ2) is 7.67. The van der Waals surface area contributed by atoms with E-state index in [4.69, 9.17) is 0 Å². The third-order valence-corrected chi connectivity index (χ3v) is 3.22. The predicted molar refractivity (Wildman–Crippen MR) is 85.6 cm³/mol. The molecule has 2 N–H and O–H groups in total. The number of carbonyl (C=O) groups excluding carboxylic acids is 2. The molecule has 0 saturated heterocycles. The molecule has 3 amide bonds. The maximum Gasteiger partial charge on any atom is 0.315 e. The van der Waals surface area contributed by atoms with E-state index in [1.54, 1.807) is 4.90 Å². The molecule has 0 spiro atoms. The highest BCUT2D eigenvalue weighted by Gasteiger charge is 2.12. The Kier molecular flexibility index (Phi) is 6.21. The highest BCUT2D eigenvalue weighted by atomic mass is 16.2. The molecule has 0 unspecified atom stereocenters. The van der Waals surface area contributed by atoms with Gasteiger partial charge in [0.2, 0.25) is 5.91 Å². The van der Waals surface area contributed by atoms with E-state index in [1.165, 1.54) is 12.5 Å². The molecule has 1 aromatic rings. The first-order chi connectivity index (χ1) is 9.81. The molecule has 0 saturated carbocycles. The number of nitrogens with one attached hydrogen (secondary N) is 2. The van der Waals surface area contributed by atoms with Crippen LogP contribution in [0.1, 0.15) is 31.9 Å². The van der Waals surface area contributed by atoms with Gasteiger partial charge in [-0.2, -0.15) is 0 Å². The SMILES string of the molecule is CC(=O)N(CCNC(=O)NC(C)C)c1ccc(C)c(C)c1.